The predicted octanol–water partition coefficient (Wildman–Crippen LogP) is 8.50. The summed E-state index contributed by atoms with van der Waals surface area (Å²) in [6, 6.07) is 29.7. The van der Waals surface area contributed by atoms with E-state index in [4.69, 9.17) is 4.74 Å². The standard InChI is InChI=1S/C31H38O2/c1-2-3-4-5-6-7-8-9-19-26-31(27-20-13-10-14-21-27,28-22-15-11-16-23-28)30(32)33-29-24-17-12-18-25-29/h10-18,20-25H,2-9,19,26H2,1H3. The molecule has 0 spiro atoms. The van der Waals surface area contributed by atoms with Gasteiger partial charge in [-0.15, -0.1) is 0 Å². The first-order chi connectivity index (χ1) is 16.3. The topological polar surface area (TPSA) is 26.3 Å². The molecule has 0 radical (unpaired) electrons. The number of hydrogen-bond donors (Lipinski definition) is 0. The molecule has 0 bridgehead atoms. The van der Waals surface area contributed by atoms with Crippen LogP contribution in [0.1, 0.15) is 82.3 Å². The summed E-state index contributed by atoms with van der Waals surface area (Å²) in [5, 5.41) is 0. The van der Waals surface area contributed by atoms with E-state index in [1.165, 1.54) is 44.9 Å². The molecule has 0 saturated heterocycles. The monoisotopic (exact) mass is 442 g/mol. The normalized spacial score (nSPS) is 11.3. The fourth-order valence-electron chi connectivity index (χ4n) is 4.62. The maximum absolute atomic E-state index is 13.9. The van der Waals surface area contributed by atoms with Gasteiger partial charge in [0, 0.05) is 0 Å². The van der Waals surface area contributed by atoms with Gasteiger partial charge in [-0.25, -0.2) is 0 Å². The summed E-state index contributed by atoms with van der Waals surface area (Å²) in [7, 11) is 0. The Morgan fingerprint density at radius 3 is 1.52 bits per heavy atom. The molecule has 2 heteroatoms. The number of ether oxygens (including phenoxy) is 1. The van der Waals surface area contributed by atoms with Crippen molar-refractivity contribution in [3.8, 4) is 5.75 Å². The van der Waals surface area contributed by atoms with E-state index < -0.39 is 5.41 Å². The second-order valence-corrected chi connectivity index (χ2v) is 8.92. The molecular weight excluding hydrogens is 404 g/mol. The molecule has 174 valence electrons. The molecular formula is C31H38O2. The number of carbonyl (C=O) groups is 1. The lowest BCUT2D eigenvalue weighted by atomic mass is 9.71. The van der Waals surface area contributed by atoms with Gasteiger partial charge in [0.05, 0.1) is 0 Å². The van der Waals surface area contributed by atoms with Crippen molar-refractivity contribution in [2.75, 3.05) is 0 Å². The third-order valence-electron chi connectivity index (χ3n) is 6.49. The smallest absolute Gasteiger partial charge is 0.326 e. The summed E-state index contributed by atoms with van der Waals surface area (Å²) in [4.78, 5) is 13.9. The fourth-order valence-corrected chi connectivity index (χ4v) is 4.62. The van der Waals surface area contributed by atoms with Gasteiger partial charge in [0.2, 0.25) is 0 Å². The Bertz CT molecular complexity index is 879. The van der Waals surface area contributed by atoms with Gasteiger partial charge in [0.25, 0.3) is 0 Å². The van der Waals surface area contributed by atoms with E-state index in [1.807, 2.05) is 66.7 Å². The quantitative estimate of drug-likeness (QED) is 0.142. The molecule has 3 rings (SSSR count). The average molecular weight is 443 g/mol. The molecule has 0 atom stereocenters. The van der Waals surface area contributed by atoms with E-state index in [2.05, 4.69) is 31.2 Å². The van der Waals surface area contributed by atoms with Crippen LogP contribution in [0.2, 0.25) is 0 Å². The number of hydrogen-bond acceptors (Lipinski definition) is 2. The predicted molar refractivity (Wildman–Crippen MR) is 138 cm³/mol. The Kier molecular flexibility index (Phi) is 10.2. The summed E-state index contributed by atoms with van der Waals surface area (Å²) in [6.45, 7) is 2.26. The van der Waals surface area contributed by atoms with Gasteiger partial charge >= 0.3 is 5.97 Å². The minimum Gasteiger partial charge on any atom is -0.426 e. The molecule has 33 heavy (non-hydrogen) atoms. The third kappa shape index (κ3) is 7.05. The van der Waals surface area contributed by atoms with E-state index in [1.54, 1.807) is 0 Å². The fraction of sp³-hybridized carbons (Fsp3) is 0.387. The SMILES string of the molecule is CCCCCCCCCCCC(C(=O)Oc1ccccc1)(c1ccccc1)c1ccccc1. The van der Waals surface area contributed by atoms with E-state index in [0.717, 1.165) is 30.4 Å². The van der Waals surface area contributed by atoms with Crippen molar-refractivity contribution >= 4 is 5.97 Å². The molecule has 3 aromatic carbocycles. The maximum Gasteiger partial charge on any atom is 0.326 e. The summed E-state index contributed by atoms with van der Waals surface area (Å²) in [5.74, 6) is 0.386. The van der Waals surface area contributed by atoms with Crippen LogP contribution in [0.4, 0.5) is 0 Å². The highest BCUT2D eigenvalue weighted by Gasteiger charge is 2.43. The maximum atomic E-state index is 13.9. The van der Waals surface area contributed by atoms with Gasteiger partial charge in [0.1, 0.15) is 11.2 Å². The van der Waals surface area contributed by atoms with Crippen molar-refractivity contribution in [2.45, 2.75) is 76.5 Å². The van der Waals surface area contributed by atoms with Gasteiger partial charge in [0.15, 0.2) is 0 Å². The van der Waals surface area contributed by atoms with E-state index in [-0.39, 0.29) is 5.97 Å². The van der Waals surface area contributed by atoms with Crippen LogP contribution in [0.25, 0.3) is 0 Å². The van der Waals surface area contributed by atoms with Gasteiger partial charge in [-0.1, -0.05) is 144 Å². The highest BCUT2D eigenvalue weighted by molar-refractivity contribution is 5.89. The Morgan fingerprint density at radius 2 is 1.03 bits per heavy atom. The zero-order valence-corrected chi connectivity index (χ0v) is 20.0. The molecule has 0 heterocycles. The number of rotatable bonds is 14. The van der Waals surface area contributed by atoms with Crippen molar-refractivity contribution in [1.82, 2.24) is 0 Å². The molecule has 0 saturated carbocycles. The Labute approximate surface area is 200 Å². The van der Waals surface area contributed by atoms with Crippen LogP contribution in [0.15, 0.2) is 91.0 Å². The molecule has 0 aromatic heterocycles. The summed E-state index contributed by atoms with van der Waals surface area (Å²) < 4.78 is 5.98. The van der Waals surface area contributed by atoms with E-state index in [9.17, 15) is 4.79 Å². The number of esters is 1. The number of para-hydroxylation sites is 1. The second kappa shape index (κ2) is 13.6. The van der Waals surface area contributed by atoms with Crippen LogP contribution >= 0.6 is 0 Å². The Balaban J connectivity index is 1.78. The zero-order chi connectivity index (χ0) is 23.2. The highest BCUT2D eigenvalue weighted by atomic mass is 16.5. The van der Waals surface area contributed by atoms with Crippen molar-refractivity contribution < 1.29 is 9.53 Å². The second-order valence-electron chi connectivity index (χ2n) is 8.92. The number of carbonyl (C=O) groups excluding carboxylic acids is 1. The molecule has 3 aromatic rings. The lowest BCUT2D eigenvalue weighted by molar-refractivity contribution is -0.139. The Morgan fingerprint density at radius 1 is 0.606 bits per heavy atom. The number of unbranched alkanes of at least 4 members (excludes halogenated alkanes) is 8. The lowest BCUT2D eigenvalue weighted by Crippen LogP contribution is -2.40. The first-order valence-electron chi connectivity index (χ1n) is 12.7. The average Bonchev–Trinajstić information content (AvgIpc) is 2.87. The van der Waals surface area contributed by atoms with Crippen molar-refractivity contribution in [3.05, 3.63) is 102 Å². The van der Waals surface area contributed by atoms with Crippen LogP contribution < -0.4 is 4.74 Å². The van der Waals surface area contributed by atoms with Gasteiger partial charge in [-0.3, -0.25) is 4.79 Å². The largest absolute Gasteiger partial charge is 0.426 e. The molecule has 0 aliphatic carbocycles. The zero-order valence-electron chi connectivity index (χ0n) is 20.0. The van der Waals surface area contributed by atoms with Crippen molar-refractivity contribution in [3.63, 3.8) is 0 Å². The minimum atomic E-state index is -0.820. The van der Waals surface area contributed by atoms with Crippen molar-refractivity contribution in [1.29, 1.82) is 0 Å². The molecule has 0 N–H and O–H groups in total. The van der Waals surface area contributed by atoms with Crippen LogP contribution in [-0.2, 0) is 10.2 Å². The van der Waals surface area contributed by atoms with Crippen LogP contribution in [0.3, 0.4) is 0 Å². The summed E-state index contributed by atoms with van der Waals surface area (Å²) >= 11 is 0. The molecule has 0 unspecified atom stereocenters. The van der Waals surface area contributed by atoms with Gasteiger partial charge in [-0.2, -0.15) is 0 Å². The summed E-state index contributed by atoms with van der Waals surface area (Å²) in [5.41, 5.74) is 1.17. The van der Waals surface area contributed by atoms with Crippen LogP contribution in [-0.4, -0.2) is 5.97 Å². The minimum absolute atomic E-state index is 0.203. The van der Waals surface area contributed by atoms with Gasteiger partial charge < -0.3 is 4.74 Å². The molecule has 2 nitrogen and oxygen atoms in total. The van der Waals surface area contributed by atoms with Crippen LogP contribution in [0.5, 0.6) is 5.75 Å². The number of benzene rings is 3. The molecule has 0 fully saturated rings. The molecule has 0 amide bonds. The van der Waals surface area contributed by atoms with E-state index >= 15 is 0 Å². The first kappa shape index (κ1) is 24.8. The highest BCUT2D eigenvalue weighted by Crippen LogP contribution is 2.39. The van der Waals surface area contributed by atoms with E-state index in [0.29, 0.717) is 5.75 Å². The molecule has 0 aliphatic rings. The lowest BCUT2D eigenvalue weighted by Gasteiger charge is -2.33. The Hall–Kier alpha value is -2.87. The first-order valence-corrected chi connectivity index (χ1v) is 12.7. The summed E-state index contributed by atoms with van der Waals surface area (Å²) in [6.07, 6.45) is 12.0. The molecule has 0 aliphatic heterocycles. The van der Waals surface area contributed by atoms with Crippen LogP contribution in [0, 0.1) is 0 Å². The third-order valence-corrected chi connectivity index (χ3v) is 6.49. The van der Waals surface area contributed by atoms with Gasteiger partial charge in [-0.05, 0) is 29.7 Å². The van der Waals surface area contributed by atoms with Crippen molar-refractivity contribution in [2.24, 2.45) is 0 Å².